The summed E-state index contributed by atoms with van der Waals surface area (Å²) in [6.07, 6.45) is 2.63. The molecule has 1 aromatic carbocycles. The van der Waals surface area contributed by atoms with E-state index >= 15 is 0 Å². The normalized spacial score (nSPS) is 12.0. The fourth-order valence-electron chi connectivity index (χ4n) is 1.96. The van der Waals surface area contributed by atoms with E-state index in [9.17, 15) is 4.79 Å². The molecule has 0 aromatic heterocycles. The van der Waals surface area contributed by atoms with Crippen LogP contribution in [0.5, 0.6) is 0 Å². The molecule has 0 spiro atoms. The van der Waals surface area contributed by atoms with Gasteiger partial charge < -0.3 is 10.1 Å². The first kappa shape index (κ1) is 16.0. The van der Waals surface area contributed by atoms with Crippen molar-refractivity contribution in [1.29, 1.82) is 0 Å². The Morgan fingerprint density at radius 3 is 2.68 bits per heavy atom. The molecule has 0 saturated carbocycles. The Labute approximate surface area is 123 Å². The third-order valence-electron chi connectivity index (χ3n) is 2.93. The summed E-state index contributed by atoms with van der Waals surface area (Å²) < 4.78 is 6.17. The smallest absolute Gasteiger partial charge is 0.328 e. The number of hydrogen-bond acceptors (Lipinski definition) is 3. The number of benzene rings is 1. The standard InChI is InChI=1S/C15H22BrNO2/c1-4-7-14(15(18)19-6-3)17-13-9-8-12(16)10-11(13)5-2/h8-10,14,17H,4-7H2,1-3H3. The van der Waals surface area contributed by atoms with Crippen molar-refractivity contribution < 1.29 is 9.53 Å². The van der Waals surface area contributed by atoms with Crippen LogP contribution in [-0.2, 0) is 16.0 Å². The van der Waals surface area contributed by atoms with Crippen molar-refractivity contribution in [2.75, 3.05) is 11.9 Å². The summed E-state index contributed by atoms with van der Waals surface area (Å²) in [6.45, 7) is 6.42. The van der Waals surface area contributed by atoms with E-state index in [1.807, 2.05) is 19.1 Å². The fourth-order valence-corrected chi connectivity index (χ4v) is 2.37. The van der Waals surface area contributed by atoms with Gasteiger partial charge in [0.2, 0.25) is 0 Å². The van der Waals surface area contributed by atoms with Crippen LogP contribution in [0.4, 0.5) is 5.69 Å². The summed E-state index contributed by atoms with van der Waals surface area (Å²) in [4.78, 5) is 11.9. The highest BCUT2D eigenvalue weighted by Crippen LogP contribution is 2.23. The maximum absolute atomic E-state index is 11.9. The number of hydrogen-bond donors (Lipinski definition) is 1. The zero-order valence-electron chi connectivity index (χ0n) is 11.8. The SMILES string of the molecule is CCCC(Nc1ccc(Br)cc1CC)C(=O)OCC. The van der Waals surface area contributed by atoms with Crippen molar-refractivity contribution in [1.82, 2.24) is 0 Å². The molecule has 0 amide bonds. The molecule has 0 aliphatic heterocycles. The highest BCUT2D eigenvalue weighted by molar-refractivity contribution is 9.10. The van der Waals surface area contributed by atoms with Crippen molar-refractivity contribution >= 4 is 27.6 Å². The van der Waals surface area contributed by atoms with Gasteiger partial charge in [0.1, 0.15) is 6.04 Å². The van der Waals surface area contributed by atoms with Crippen LogP contribution in [-0.4, -0.2) is 18.6 Å². The molecule has 0 heterocycles. The Hall–Kier alpha value is -1.03. The Bertz CT molecular complexity index is 421. The zero-order chi connectivity index (χ0) is 14.3. The molecule has 3 nitrogen and oxygen atoms in total. The van der Waals surface area contributed by atoms with Gasteiger partial charge in [-0.25, -0.2) is 4.79 Å². The number of carbonyl (C=O) groups excluding carboxylic acids is 1. The maximum Gasteiger partial charge on any atom is 0.328 e. The third kappa shape index (κ3) is 4.86. The van der Waals surface area contributed by atoms with Crippen molar-refractivity contribution in [3.05, 3.63) is 28.2 Å². The molecule has 1 unspecified atom stereocenters. The number of aryl methyl sites for hydroxylation is 1. The van der Waals surface area contributed by atoms with Gasteiger partial charge in [-0.15, -0.1) is 0 Å². The summed E-state index contributed by atoms with van der Waals surface area (Å²) in [6, 6.07) is 5.80. The monoisotopic (exact) mass is 327 g/mol. The van der Waals surface area contributed by atoms with E-state index in [4.69, 9.17) is 4.74 Å². The van der Waals surface area contributed by atoms with Gasteiger partial charge >= 0.3 is 5.97 Å². The second kappa shape index (κ2) is 8.20. The zero-order valence-corrected chi connectivity index (χ0v) is 13.4. The Morgan fingerprint density at radius 1 is 1.37 bits per heavy atom. The quantitative estimate of drug-likeness (QED) is 0.764. The Morgan fingerprint density at radius 2 is 2.11 bits per heavy atom. The van der Waals surface area contributed by atoms with Gasteiger partial charge in [0.15, 0.2) is 0 Å². The van der Waals surface area contributed by atoms with Gasteiger partial charge in [-0.05, 0) is 43.5 Å². The average Bonchev–Trinajstić information content (AvgIpc) is 2.40. The van der Waals surface area contributed by atoms with Gasteiger partial charge in [0.25, 0.3) is 0 Å². The summed E-state index contributed by atoms with van der Waals surface area (Å²) in [5, 5.41) is 3.32. The molecule has 1 N–H and O–H groups in total. The number of carbonyl (C=O) groups is 1. The van der Waals surface area contributed by atoms with Crippen LogP contribution >= 0.6 is 15.9 Å². The van der Waals surface area contributed by atoms with Gasteiger partial charge in [-0.2, -0.15) is 0 Å². The average molecular weight is 328 g/mol. The molecule has 1 atom stereocenters. The van der Waals surface area contributed by atoms with Gasteiger partial charge in [-0.3, -0.25) is 0 Å². The number of rotatable bonds is 7. The summed E-state index contributed by atoms with van der Waals surface area (Å²) >= 11 is 3.47. The van der Waals surface area contributed by atoms with E-state index in [0.717, 1.165) is 29.4 Å². The first-order chi connectivity index (χ1) is 9.12. The molecule has 0 saturated heterocycles. The van der Waals surface area contributed by atoms with Gasteiger partial charge in [0.05, 0.1) is 6.61 Å². The van der Waals surface area contributed by atoms with Crippen molar-refractivity contribution in [2.24, 2.45) is 0 Å². The molecule has 1 aromatic rings. The van der Waals surface area contributed by atoms with Crippen molar-refractivity contribution in [3.63, 3.8) is 0 Å². The molecule has 0 bridgehead atoms. The first-order valence-electron chi connectivity index (χ1n) is 6.83. The minimum absolute atomic E-state index is 0.172. The van der Waals surface area contributed by atoms with Crippen LogP contribution in [0.1, 0.15) is 39.2 Å². The van der Waals surface area contributed by atoms with E-state index in [1.165, 1.54) is 5.56 Å². The molecular weight excluding hydrogens is 306 g/mol. The summed E-state index contributed by atoms with van der Waals surface area (Å²) in [5.74, 6) is -0.172. The van der Waals surface area contributed by atoms with Crippen LogP contribution < -0.4 is 5.32 Å². The minimum Gasteiger partial charge on any atom is -0.464 e. The molecule has 0 aliphatic carbocycles. The van der Waals surface area contributed by atoms with E-state index in [2.05, 4.69) is 41.2 Å². The molecule has 0 aliphatic rings. The largest absolute Gasteiger partial charge is 0.464 e. The number of esters is 1. The minimum atomic E-state index is -0.267. The number of anilines is 1. The molecular formula is C15H22BrNO2. The van der Waals surface area contributed by atoms with Crippen molar-refractivity contribution in [3.8, 4) is 0 Å². The molecule has 19 heavy (non-hydrogen) atoms. The number of halogens is 1. The van der Waals surface area contributed by atoms with Crippen LogP contribution in [0.3, 0.4) is 0 Å². The van der Waals surface area contributed by atoms with Crippen LogP contribution in [0.25, 0.3) is 0 Å². The molecule has 0 fully saturated rings. The lowest BCUT2D eigenvalue weighted by atomic mass is 10.1. The van der Waals surface area contributed by atoms with Crippen LogP contribution in [0.2, 0.25) is 0 Å². The fraction of sp³-hybridized carbons (Fsp3) is 0.533. The molecule has 1 rings (SSSR count). The van der Waals surface area contributed by atoms with Crippen molar-refractivity contribution in [2.45, 2.75) is 46.1 Å². The Kier molecular flexibility index (Phi) is 6.92. The van der Waals surface area contributed by atoms with Crippen LogP contribution in [0.15, 0.2) is 22.7 Å². The first-order valence-corrected chi connectivity index (χ1v) is 7.63. The molecule has 106 valence electrons. The lowest BCUT2D eigenvalue weighted by molar-refractivity contribution is -0.144. The third-order valence-corrected chi connectivity index (χ3v) is 3.42. The maximum atomic E-state index is 11.9. The lowest BCUT2D eigenvalue weighted by Gasteiger charge is -2.20. The molecule has 4 heteroatoms. The van der Waals surface area contributed by atoms with E-state index in [0.29, 0.717) is 6.61 Å². The summed E-state index contributed by atoms with van der Waals surface area (Å²) in [7, 11) is 0. The van der Waals surface area contributed by atoms with E-state index in [1.54, 1.807) is 0 Å². The summed E-state index contributed by atoms with van der Waals surface area (Å²) in [5.41, 5.74) is 2.21. The predicted molar refractivity (Wildman–Crippen MR) is 82.5 cm³/mol. The predicted octanol–water partition coefficient (Wildman–Crippen LogP) is 4.16. The topological polar surface area (TPSA) is 38.3 Å². The van der Waals surface area contributed by atoms with E-state index in [-0.39, 0.29) is 12.0 Å². The highest BCUT2D eigenvalue weighted by atomic mass is 79.9. The molecule has 0 radical (unpaired) electrons. The lowest BCUT2D eigenvalue weighted by Crippen LogP contribution is -2.31. The van der Waals surface area contributed by atoms with E-state index < -0.39 is 0 Å². The highest BCUT2D eigenvalue weighted by Gasteiger charge is 2.19. The van der Waals surface area contributed by atoms with Crippen LogP contribution in [0, 0.1) is 0 Å². The second-order valence-electron chi connectivity index (χ2n) is 4.39. The van der Waals surface area contributed by atoms with Gasteiger partial charge in [-0.1, -0.05) is 36.2 Å². The number of nitrogens with one attached hydrogen (secondary N) is 1. The second-order valence-corrected chi connectivity index (χ2v) is 5.31. The Balaban J connectivity index is 2.86. The number of ether oxygens (including phenoxy) is 1. The van der Waals surface area contributed by atoms with Gasteiger partial charge in [0, 0.05) is 10.2 Å².